The minimum Gasteiger partial charge on any atom is -0.306 e. The average Bonchev–Trinajstić information content (AvgIpc) is 3.32. The number of carbonyl (C=O) groups excluding carboxylic acids is 2. The summed E-state index contributed by atoms with van der Waals surface area (Å²) in [5.74, 6) is -0.732. The van der Waals surface area contributed by atoms with Crippen molar-refractivity contribution in [3.8, 4) is 0 Å². The Morgan fingerprint density at radius 2 is 2.04 bits per heavy atom. The number of para-hydroxylation sites is 1. The van der Waals surface area contributed by atoms with Gasteiger partial charge in [-0.3, -0.25) is 14.4 Å². The van der Waals surface area contributed by atoms with E-state index in [2.05, 4.69) is 15.4 Å². The van der Waals surface area contributed by atoms with E-state index < -0.39 is 11.5 Å². The highest BCUT2D eigenvalue weighted by Crippen LogP contribution is 2.28. The lowest BCUT2D eigenvalue weighted by Gasteiger charge is -2.17. The van der Waals surface area contributed by atoms with Crippen LogP contribution in [-0.4, -0.2) is 33.1 Å². The molecule has 3 aromatic rings. The van der Waals surface area contributed by atoms with Gasteiger partial charge < -0.3 is 10.2 Å². The number of aromatic nitrogens is 3. The van der Waals surface area contributed by atoms with E-state index in [1.54, 1.807) is 16.5 Å². The zero-order valence-electron chi connectivity index (χ0n) is 14.2. The van der Waals surface area contributed by atoms with Crippen molar-refractivity contribution in [3.05, 3.63) is 69.6 Å². The Morgan fingerprint density at radius 1 is 1.19 bits per heavy atom. The first-order chi connectivity index (χ1) is 13.1. The second-order valence-electron chi connectivity index (χ2n) is 5.94. The van der Waals surface area contributed by atoms with Crippen molar-refractivity contribution in [1.29, 1.82) is 0 Å². The number of carbonyl (C=O) groups is 2. The lowest BCUT2D eigenvalue weighted by Crippen LogP contribution is -2.34. The molecule has 0 saturated carbocycles. The molecule has 136 valence electrons. The summed E-state index contributed by atoms with van der Waals surface area (Å²) in [6.07, 6.45) is 2.34. The van der Waals surface area contributed by atoms with Crippen LogP contribution in [0.4, 0.5) is 10.8 Å². The molecule has 0 radical (unpaired) electrons. The van der Waals surface area contributed by atoms with Gasteiger partial charge in [-0.1, -0.05) is 18.2 Å². The summed E-state index contributed by atoms with van der Waals surface area (Å²) >= 11 is 1.27. The van der Waals surface area contributed by atoms with E-state index in [9.17, 15) is 14.4 Å². The van der Waals surface area contributed by atoms with Gasteiger partial charge in [0.05, 0.1) is 0 Å². The van der Waals surface area contributed by atoms with Crippen LogP contribution in [0.5, 0.6) is 0 Å². The van der Waals surface area contributed by atoms with Gasteiger partial charge in [0.25, 0.3) is 11.5 Å². The summed E-state index contributed by atoms with van der Waals surface area (Å²) in [7, 11) is 0. The Bertz CT molecular complexity index is 1060. The standard InChI is InChI=1S/C18H15N5O3S/c24-15(20-18-19-8-10-27-18)11-23-16(25)6-5-13(21-23)17(26)22-9-7-12-3-1-2-4-14(12)22/h1-6,8,10H,7,9,11H2,(H,19,20,24). The summed E-state index contributed by atoms with van der Waals surface area (Å²) in [6, 6.07) is 10.3. The highest BCUT2D eigenvalue weighted by Gasteiger charge is 2.26. The molecule has 4 rings (SSSR count). The Hall–Kier alpha value is -3.33. The molecule has 0 aliphatic carbocycles. The fourth-order valence-corrected chi connectivity index (χ4v) is 3.49. The molecular formula is C18H15N5O3S. The third-order valence-electron chi connectivity index (χ3n) is 4.19. The number of nitrogens with one attached hydrogen (secondary N) is 1. The van der Waals surface area contributed by atoms with Crippen LogP contribution in [0.1, 0.15) is 16.1 Å². The highest BCUT2D eigenvalue weighted by atomic mass is 32.1. The van der Waals surface area contributed by atoms with Gasteiger partial charge in [0, 0.05) is 29.9 Å². The average molecular weight is 381 g/mol. The predicted molar refractivity (Wildman–Crippen MR) is 101 cm³/mol. The maximum atomic E-state index is 12.9. The van der Waals surface area contributed by atoms with E-state index in [4.69, 9.17) is 0 Å². The number of rotatable bonds is 4. The van der Waals surface area contributed by atoms with Crippen molar-refractivity contribution in [2.24, 2.45) is 0 Å². The Morgan fingerprint density at radius 3 is 2.85 bits per heavy atom. The third-order valence-corrected chi connectivity index (χ3v) is 4.88. The SMILES string of the molecule is O=C(Cn1nc(C(=O)N2CCc3ccccc32)ccc1=O)Nc1nccs1. The Balaban J connectivity index is 1.55. The van der Waals surface area contributed by atoms with Gasteiger partial charge in [-0.2, -0.15) is 5.10 Å². The molecule has 1 aliphatic heterocycles. The summed E-state index contributed by atoms with van der Waals surface area (Å²) in [5.41, 5.74) is 1.61. The van der Waals surface area contributed by atoms with Gasteiger partial charge in [-0.05, 0) is 24.1 Å². The monoisotopic (exact) mass is 381 g/mol. The predicted octanol–water partition coefficient (Wildman–Crippen LogP) is 1.54. The minimum absolute atomic E-state index is 0.119. The van der Waals surface area contributed by atoms with Crippen LogP contribution in [0.3, 0.4) is 0 Å². The Labute approximate surface area is 158 Å². The fourth-order valence-electron chi connectivity index (χ4n) is 2.94. The molecule has 0 fully saturated rings. The molecule has 2 amide bonds. The van der Waals surface area contributed by atoms with Crippen LogP contribution in [0.15, 0.2) is 52.8 Å². The van der Waals surface area contributed by atoms with Crippen LogP contribution >= 0.6 is 11.3 Å². The third kappa shape index (κ3) is 3.49. The van der Waals surface area contributed by atoms with Crippen molar-refractivity contribution in [2.75, 3.05) is 16.8 Å². The van der Waals surface area contributed by atoms with Crippen LogP contribution in [-0.2, 0) is 17.8 Å². The van der Waals surface area contributed by atoms with Gasteiger partial charge in [0.1, 0.15) is 12.2 Å². The number of benzene rings is 1. The van der Waals surface area contributed by atoms with E-state index in [1.807, 2.05) is 24.3 Å². The smallest absolute Gasteiger partial charge is 0.278 e. The molecule has 0 atom stereocenters. The second kappa shape index (κ2) is 7.12. The van der Waals surface area contributed by atoms with E-state index in [-0.39, 0.29) is 18.1 Å². The number of hydrogen-bond donors (Lipinski definition) is 1. The molecule has 1 N–H and O–H groups in total. The van der Waals surface area contributed by atoms with Crippen LogP contribution in [0, 0.1) is 0 Å². The lowest BCUT2D eigenvalue weighted by molar-refractivity contribution is -0.117. The molecule has 0 saturated heterocycles. The number of fused-ring (bicyclic) bond motifs is 1. The number of nitrogens with zero attached hydrogens (tertiary/aromatic N) is 4. The highest BCUT2D eigenvalue weighted by molar-refractivity contribution is 7.13. The largest absolute Gasteiger partial charge is 0.306 e. The van der Waals surface area contributed by atoms with E-state index in [0.717, 1.165) is 22.4 Å². The summed E-state index contributed by atoms with van der Waals surface area (Å²) < 4.78 is 0.984. The number of thiazole rings is 1. The van der Waals surface area contributed by atoms with Gasteiger partial charge in [-0.25, -0.2) is 9.67 Å². The van der Waals surface area contributed by atoms with E-state index in [0.29, 0.717) is 11.7 Å². The van der Waals surface area contributed by atoms with Crippen molar-refractivity contribution < 1.29 is 9.59 Å². The summed E-state index contributed by atoms with van der Waals surface area (Å²) in [6.45, 7) is 0.264. The normalized spacial score (nSPS) is 12.7. The van der Waals surface area contributed by atoms with Crippen LogP contribution in [0.25, 0.3) is 0 Å². The van der Waals surface area contributed by atoms with E-state index >= 15 is 0 Å². The Kier molecular flexibility index (Phi) is 4.51. The van der Waals surface area contributed by atoms with Crippen LogP contribution < -0.4 is 15.8 Å². The first-order valence-corrected chi connectivity index (χ1v) is 9.17. The summed E-state index contributed by atoms with van der Waals surface area (Å²) in [5, 5.41) is 8.85. The molecule has 27 heavy (non-hydrogen) atoms. The van der Waals surface area contributed by atoms with E-state index in [1.165, 1.54) is 23.5 Å². The lowest BCUT2D eigenvalue weighted by atomic mass is 10.2. The summed E-state index contributed by atoms with van der Waals surface area (Å²) in [4.78, 5) is 42.6. The fraction of sp³-hybridized carbons (Fsp3) is 0.167. The molecule has 0 unspecified atom stereocenters. The molecule has 3 heterocycles. The van der Waals surface area contributed by atoms with Crippen molar-refractivity contribution in [1.82, 2.24) is 14.8 Å². The molecule has 2 aromatic heterocycles. The molecule has 0 bridgehead atoms. The zero-order chi connectivity index (χ0) is 18.8. The van der Waals surface area contributed by atoms with Gasteiger partial charge in [0.15, 0.2) is 5.13 Å². The van der Waals surface area contributed by atoms with Crippen molar-refractivity contribution in [2.45, 2.75) is 13.0 Å². The molecule has 1 aromatic carbocycles. The molecular weight excluding hydrogens is 366 g/mol. The van der Waals surface area contributed by atoms with Crippen LogP contribution in [0.2, 0.25) is 0 Å². The van der Waals surface area contributed by atoms with Crippen molar-refractivity contribution >= 4 is 34.0 Å². The molecule has 1 aliphatic rings. The number of amides is 2. The number of hydrogen-bond acceptors (Lipinski definition) is 6. The topological polar surface area (TPSA) is 97.2 Å². The van der Waals surface area contributed by atoms with Crippen molar-refractivity contribution in [3.63, 3.8) is 0 Å². The quantitative estimate of drug-likeness (QED) is 0.739. The zero-order valence-corrected chi connectivity index (χ0v) is 15.0. The second-order valence-corrected chi connectivity index (χ2v) is 6.83. The maximum Gasteiger partial charge on any atom is 0.278 e. The van der Waals surface area contributed by atoms with Gasteiger partial charge >= 0.3 is 0 Å². The molecule has 8 nitrogen and oxygen atoms in total. The molecule has 9 heteroatoms. The minimum atomic E-state index is -0.456. The first kappa shape index (κ1) is 17.1. The number of anilines is 2. The van der Waals surface area contributed by atoms with Gasteiger partial charge in [-0.15, -0.1) is 11.3 Å². The van der Waals surface area contributed by atoms with Gasteiger partial charge in [0.2, 0.25) is 5.91 Å². The first-order valence-electron chi connectivity index (χ1n) is 8.29. The molecule has 0 spiro atoms. The maximum absolute atomic E-state index is 12.9.